The number of hydrogen-bond acceptors (Lipinski definition) is 2. The van der Waals surface area contributed by atoms with Gasteiger partial charge in [0.15, 0.2) is 0 Å². The summed E-state index contributed by atoms with van der Waals surface area (Å²) in [6.45, 7) is 1.37. The molecule has 0 aliphatic carbocycles. The Bertz CT molecular complexity index is 585. The standard InChI is InChI=1S/C16H18F2N2O2/c17-14(18)16(22)20-10-12-6-2-1-5-11(12)9-13(20)15(21)19-7-3-4-8-19/h1-2,5-6,13-14H,3-4,7-10H2. The fourth-order valence-electron chi connectivity index (χ4n) is 3.25. The molecule has 0 saturated carbocycles. The number of alkyl halides is 2. The summed E-state index contributed by atoms with van der Waals surface area (Å²) in [7, 11) is 0. The smallest absolute Gasteiger partial charge is 0.315 e. The summed E-state index contributed by atoms with van der Waals surface area (Å²) in [6.07, 6.45) is -0.918. The van der Waals surface area contributed by atoms with Gasteiger partial charge in [-0.25, -0.2) is 0 Å². The Morgan fingerprint density at radius 2 is 1.73 bits per heavy atom. The van der Waals surface area contributed by atoms with E-state index in [2.05, 4.69) is 0 Å². The van der Waals surface area contributed by atoms with E-state index in [1.165, 1.54) is 0 Å². The number of carbonyl (C=O) groups is 2. The zero-order valence-electron chi connectivity index (χ0n) is 12.2. The van der Waals surface area contributed by atoms with Crippen LogP contribution in [0.25, 0.3) is 0 Å². The third-order valence-electron chi connectivity index (χ3n) is 4.42. The summed E-state index contributed by atoms with van der Waals surface area (Å²) in [5.41, 5.74) is 1.79. The Labute approximate surface area is 127 Å². The van der Waals surface area contributed by atoms with Crippen molar-refractivity contribution in [2.75, 3.05) is 13.1 Å². The Kier molecular flexibility index (Phi) is 4.09. The van der Waals surface area contributed by atoms with Gasteiger partial charge in [0.1, 0.15) is 6.04 Å². The molecule has 0 radical (unpaired) electrons. The molecule has 1 aromatic rings. The van der Waals surface area contributed by atoms with Crippen molar-refractivity contribution in [3.05, 3.63) is 35.4 Å². The Morgan fingerprint density at radius 3 is 2.36 bits per heavy atom. The first-order valence-corrected chi connectivity index (χ1v) is 7.52. The number of fused-ring (bicyclic) bond motifs is 1. The molecule has 2 amide bonds. The van der Waals surface area contributed by atoms with Crippen LogP contribution < -0.4 is 0 Å². The molecule has 4 nitrogen and oxygen atoms in total. The van der Waals surface area contributed by atoms with Gasteiger partial charge in [0, 0.05) is 26.1 Å². The van der Waals surface area contributed by atoms with Crippen LogP contribution in [-0.2, 0) is 22.6 Å². The number of hydrogen-bond donors (Lipinski definition) is 0. The van der Waals surface area contributed by atoms with E-state index < -0.39 is 18.4 Å². The van der Waals surface area contributed by atoms with E-state index in [4.69, 9.17) is 0 Å². The molecule has 0 N–H and O–H groups in total. The molecule has 1 aromatic carbocycles. The average Bonchev–Trinajstić information content (AvgIpc) is 3.06. The third kappa shape index (κ3) is 2.69. The van der Waals surface area contributed by atoms with E-state index in [0.717, 1.165) is 28.9 Å². The van der Waals surface area contributed by atoms with Crippen molar-refractivity contribution in [3.63, 3.8) is 0 Å². The van der Waals surface area contributed by atoms with Gasteiger partial charge < -0.3 is 9.80 Å². The van der Waals surface area contributed by atoms with Crippen molar-refractivity contribution in [1.82, 2.24) is 9.80 Å². The molecule has 1 unspecified atom stereocenters. The zero-order chi connectivity index (χ0) is 15.7. The van der Waals surface area contributed by atoms with Crippen molar-refractivity contribution < 1.29 is 18.4 Å². The largest absolute Gasteiger partial charge is 0.341 e. The quantitative estimate of drug-likeness (QED) is 0.836. The molecule has 0 bridgehead atoms. The van der Waals surface area contributed by atoms with Gasteiger partial charge in [-0.05, 0) is 24.0 Å². The van der Waals surface area contributed by atoms with E-state index in [0.29, 0.717) is 19.5 Å². The van der Waals surface area contributed by atoms with Gasteiger partial charge >= 0.3 is 6.43 Å². The molecule has 118 valence electrons. The van der Waals surface area contributed by atoms with E-state index in [9.17, 15) is 18.4 Å². The summed E-state index contributed by atoms with van der Waals surface area (Å²) in [4.78, 5) is 27.2. The maximum absolute atomic E-state index is 12.9. The lowest BCUT2D eigenvalue weighted by Gasteiger charge is -2.37. The molecule has 1 saturated heterocycles. The van der Waals surface area contributed by atoms with Gasteiger partial charge in [0.25, 0.3) is 5.91 Å². The Balaban J connectivity index is 1.90. The van der Waals surface area contributed by atoms with E-state index in [-0.39, 0.29) is 12.5 Å². The molecular weight excluding hydrogens is 290 g/mol. The average molecular weight is 308 g/mol. The monoisotopic (exact) mass is 308 g/mol. The summed E-state index contributed by atoms with van der Waals surface area (Å²) in [5, 5.41) is 0. The van der Waals surface area contributed by atoms with Crippen LogP contribution in [0.3, 0.4) is 0 Å². The zero-order valence-corrected chi connectivity index (χ0v) is 12.2. The van der Waals surface area contributed by atoms with E-state index in [1.807, 2.05) is 24.3 Å². The number of halogens is 2. The minimum Gasteiger partial charge on any atom is -0.341 e. The van der Waals surface area contributed by atoms with Crippen LogP contribution in [0.4, 0.5) is 8.78 Å². The molecule has 6 heteroatoms. The lowest BCUT2D eigenvalue weighted by molar-refractivity contribution is -0.153. The Hall–Kier alpha value is -1.98. The van der Waals surface area contributed by atoms with Gasteiger partial charge in [-0.3, -0.25) is 9.59 Å². The molecule has 0 aromatic heterocycles. The lowest BCUT2D eigenvalue weighted by atomic mass is 9.93. The van der Waals surface area contributed by atoms with Gasteiger partial charge in [-0.1, -0.05) is 24.3 Å². The summed E-state index contributed by atoms with van der Waals surface area (Å²) >= 11 is 0. The summed E-state index contributed by atoms with van der Waals surface area (Å²) in [6, 6.07) is 6.57. The fraction of sp³-hybridized carbons (Fsp3) is 0.500. The second kappa shape index (κ2) is 6.02. The molecule has 22 heavy (non-hydrogen) atoms. The predicted molar refractivity (Wildman–Crippen MR) is 76.3 cm³/mol. The Morgan fingerprint density at radius 1 is 1.09 bits per heavy atom. The van der Waals surface area contributed by atoms with Crippen LogP contribution in [0, 0.1) is 0 Å². The first-order chi connectivity index (χ1) is 10.6. The van der Waals surface area contributed by atoms with Crippen LogP contribution in [0.5, 0.6) is 0 Å². The van der Waals surface area contributed by atoms with Crippen LogP contribution in [-0.4, -0.2) is 47.2 Å². The van der Waals surface area contributed by atoms with E-state index in [1.54, 1.807) is 4.90 Å². The number of likely N-dealkylation sites (tertiary alicyclic amines) is 1. The van der Waals surface area contributed by atoms with E-state index >= 15 is 0 Å². The molecule has 2 aliphatic heterocycles. The maximum Gasteiger partial charge on any atom is 0.315 e. The number of carbonyl (C=O) groups excluding carboxylic acids is 2. The van der Waals surface area contributed by atoms with Gasteiger partial charge in [0.2, 0.25) is 5.91 Å². The normalized spacial score (nSPS) is 21.1. The number of rotatable bonds is 2. The van der Waals surface area contributed by atoms with Gasteiger partial charge in [0.05, 0.1) is 0 Å². The lowest BCUT2D eigenvalue weighted by Crippen LogP contribution is -2.54. The highest BCUT2D eigenvalue weighted by Gasteiger charge is 2.39. The minimum atomic E-state index is -3.08. The fourth-order valence-corrected chi connectivity index (χ4v) is 3.25. The molecule has 2 heterocycles. The second-order valence-electron chi connectivity index (χ2n) is 5.79. The van der Waals surface area contributed by atoms with Crippen LogP contribution >= 0.6 is 0 Å². The topological polar surface area (TPSA) is 40.6 Å². The number of amides is 2. The minimum absolute atomic E-state index is 0.0730. The van der Waals surface area contributed by atoms with Crippen molar-refractivity contribution in [3.8, 4) is 0 Å². The first-order valence-electron chi connectivity index (χ1n) is 7.52. The van der Waals surface area contributed by atoms with Gasteiger partial charge in [-0.2, -0.15) is 8.78 Å². The molecule has 0 spiro atoms. The maximum atomic E-state index is 12.9. The first kappa shape index (κ1) is 14.9. The number of nitrogens with zero attached hydrogens (tertiary/aromatic N) is 2. The van der Waals surface area contributed by atoms with Crippen LogP contribution in [0.2, 0.25) is 0 Å². The molecule has 2 aliphatic rings. The summed E-state index contributed by atoms with van der Waals surface area (Å²) < 4.78 is 25.8. The highest BCUT2D eigenvalue weighted by Crippen LogP contribution is 2.26. The summed E-state index contributed by atoms with van der Waals surface area (Å²) in [5.74, 6) is -1.46. The highest BCUT2D eigenvalue weighted by molar-refractivity contribution is 5.89. The predicted octanol–water partition coefficient (Wildman–Crippen LogP) is 1.83. The molecule has 1 atom stereocenters. The van der Waals surface area contributed by atoms with Crippen molar-refractivity contribution in [2.45, 2.75) is 38.3 Å². The SMILES string of the molecule is O=C(C1Cc2ccccc2CN1C(=O)C(F)F)N1CCCC1. The molecule has 3 rings (SSSR count). The molecule has 1 fully saturated rings. The van der Waals surface area contributed by atoms with Crippen molar-refractivity contribution in [1.29, 1.82) is 0 Å². The third-order valence-corrected chi connectivity index (χ3v) is 4.42. The molecular formula is C16H18F2N2O2. The highest BCUT2D eigenvalue weighted by atomic mass is 19.3. The van der Waals surface area contributed by atoms with Crippen LogP contribution in [0.1, 0.15) is 24.0 Å². The van der Waals surface area contributed by atoms with Gasteiger partial charge in [-0.15, -0.1) is 0 Å². The van der Waals surface area contributed by atoms with Crippen molar-refractivity contribution >= 4 is 11.8 Å². The van der Waals surface area contributed by atoms with Crippen LogP contribution in [0.15, 0.2) is 24.3 Å². The number of benzene rings is 1. The van der Waals surface area contributed by atoms with Crippen molar-refractivity contribution in [2.24, 2.45) is 0 Å². The second-order valence-corrected chi connectivity index (χ2v) is 5.79.